The molecule has 15 heavy (non-hydrogen) atoms. The molecule has 0 aromatic rings. The quantitative estimate of drug-likeness (QED) is 0.654. The summed E-state index contributed by atoms with van der Waals surface area (Å²) in [6.45, 7) is 5.87. The Hall–Kier alpha value is -0.340. The van der Waals surface area contributed by atoms with E-state index in [0.29, 0.717) is 0 Å². The molecule has 0 unspecified atom stereocenters. The van der Waals surface area contributed by atoms with Crippen LogP contribution in [0.3, 0.4) is 0 Å². The van der Waals surface area contributed by atoms with Gasteiger partial charge < -0.3 is 10.6 Å². The lowest BCUT2D eigenvalue weighted by Crippen LogP contribution is -2.40. The van der Waals surface area contributed by atoms with E-state index in [-0.39, 0.29) is 0 Å². The average Bonchev–Trinajstić information content (AvgIpc) is 2.99. The Morgan fingerprint density at radius 1 is 1.20 bits per heavy atom. The molecule has 0 atom stereocenters. The minimum Gasteiger partial charge on any atom is -0.317 e. The predicted molar refractivity (Wildman–Crippen MR) is 65.1 cm³/mol. The van der Waals surface area contributed by atoms with Crippen LogP contribution in [0.4, 0.5) is 0 Å². The van der Waals surface area contributed by atoms with Gasteiger partial charge in [-0.05, 0) is 51.7 Å². The first kappa shape index (κ1) is 11.2. The summed E-state index contributed by atoms with van der Waals surface area (Å²) in [7, 11) is 0. The second-order valence-corrected chi connectivity index (χ2v) is 4.86. The first-order valence-electron chi connectivity index (χ1n) is 6.54. The maximum Gasteiger partial charge on any atom is 0.00913 e. The van der Waals surface area contributed by atoms with Gasteiger partial charge in [-0.3, -0.25) is 0 Å². The van der Waals surface area contributed by atoms with Crippen LogP contribution in [0.25, 0.3) is 0 Å². The van der Waals surface area contributed by atoms with Crippen molar-refractivity contribution >= 4 is 0 Å². The van der Waals surface area contributed by atoms with Crippen LogP contribution in [0.5, 0.6) is 0 Å². The van der Waals surface area contributed by atoms with Crippen molar-refractivity contribution in [2.45, 2.75) is 51.5 Å². The van der Waals surface area contributed by atoms with Crippen molar-refractivity contribution in [2.75, 3.05) is 19.6 Å². The Labute approximate surface area is 93.5 Å². The summed E-state index contributed by atoms with van der Waals surface area (Å²) in [5, 5.41) is 7.08. The zero-order chi connectivity index (χ0) is 10.5. The smallest absolute Gasteiger partial charge is 0.00913 e. The van der Waals surface area contributed by atoms with Crippen molar-refractivity contribution in [3.63, 3.8) is 0 Å². The highest BCUT2D eigenvalue weighted by molar-refractivity contribution is 5.34. The van der Waals surface area contributed by atoms with E-state index in [1.165, 1.54) is 58.2 Å². The highest BCUT2D eigenvalue weighted by Gasteiger charge is 2.19. The summed E-state index contributed by atoms with van der Waals surface area (Å²) in [6.07, 6.45) is 7.94. The monoisotopic (exact) mass is 208 g/mol. The fourth-order valence-corrected chi connectivity index (χ4v) is 2.50. The number of rotatable bonds is 6. The zero-order valence-electron chi connectivity index (χ0n) is 9.94. The predicted octanol–water partition coefficient (Wildman–Crippen LogP) is 2.22. The van der Waals surface area contributed by atoms with Crippen LogP contribution >= 0.6 is 0 Å². The molecule has 1 aliphatic carbocycles. The highest BCUT2D eigenvalue weighted by Crippen LogP contribution is 2.36. The summed E-state index contributed by atoms with van der Waals surface area (Å²) >= 11 is 0. The van der Waals surface area contributed by atoms with Gasteiger partial charge in [0.2, 0.25) is 0 Å². The van der Waals surface area contributed by atoms with Crippen LogP contribution in [0.15, 0.2) is 11.1 Å². The average molecular weight is 208 g/mol. The molecular weight excluding hydrogens is 184 g/mol. The SMILES string of the molecule is CCCC1=C(CCNC2CCNCC2)C1. The molecular formula is C13H24N2. The van der Waals surface area contributed by atoms with Gasteiger partial charge in [0, 0.05) is 6.04 Å². The molecule has 0 spiro atoms. The van der Waals surface area contributed by atoms with Gasteiger partial charge in [0.05, 0.1) is 0 Å². The topological polar surface area (TPSA) is 24.1 Å². The zero-order valence-corrected chi connectivity index (χ0v) is 9.94. The normalized spacial score (nSPS) is 22.2. The van der Waals surface area contributed by atoms with Gasteiger partial charge in [0.1, 0.15) is 0 Å². The van der Waals surface area contributed by atoms with E-state index in [1.807, 2.05) is 0 Å². The molecule has 0 radical (unpaired) electrons. The lowest BCUT2D eigenvalue weighted by molar-refractivity contribution is 0.390. The van der Waals surface area contributed by atoms with Crippen LogP contribution in [0.2, 0.25) is 0 Å². The molecule has 0 aromatic carbocycles. The first-order valence-corrected chi connectivity index (χ1v) is 6.54. The molecule has 0 saturated carbocycles. The molecule has 1 saturated heterocycles. The van der Waals surface area contributed by atoms with Gasteiger partial charge in [0.25, 0.3) is 0 Å². The molecule has 0 amide bonds. The minimum atomic E-state index is 0.778. The Bertz CT molecular complexity index is 227. The minimum absolute atomic E-state index is 0.778. The van der Waals surface area contributed by atoms with E-state index in [9.17, 15) is 0 Å². The van der Waals surface area contributed by atoms with Crippen molar-refractivity contribution in [1.82, 2.24) is 10.6 Å². The molecule has 2 nitrogen and oxygen atoms in total. The van der Waals surface area contributed by atoms with Crippen molar-refractivity contribution in [1.29, 1.82) is 0 Å². The second-order valence-electron chi connectivity index (χ2n) is 4.86. The van der Waals surface area contributed by atoms with E-state index >= 15 is 0 Å². The number of hydrogen-bond donors (Lipinski definition) is 2. The van der Waals surface area contributed by atoms with E-state index in [1.54, 1.807) is 11.1 Å². The fraction of sp³-hybridized carbons (Fsp3) is 0.846. The number of allylic oxidation sites excluding steroid dienone is 1. The Kier molecular flexibility index (Phi) is 4.21. The third-order valence-electron chi connectivity index (χ3n) is 3.55. The van der Waals surface area contributed by atoms with Gasteiger partial charge in [-0.1, -0.05) is 24.5 Å². The van der Waals surface area contributed by atoms with Crippen LogP contribution < -0.4 is 10.6 Å². The summed E-state index contributed by atoms with van der Waals surface area (Å²) in [6, 6.07) is 0.778. The van der Waals surface area contributed by atoms with Crippen LogP contribution in [-0.4, -0.2) is 25.7 Å². The van der Waals surface area contributed by atoms with Gasteiger partial charge in [-0.25, -0.2) is 0 Å². The van der Waals surface area contributed by atoms with Crippen molar-refractivity contribution in [3.8, 4) is 0 Å². The standard InChI is InChI=1S/C13H24N2/c1-2-3-11-10-12(11)4-9-15-13-5-7-14-8-6-13/h13-15H,2-10H2,1H3. The molecule has 2 heteroatoms. The lowest BCUT2D eigenvalue weighted by Gasteiger charge is -2.23. The molecule has 1 aliphatic heterocycles. The molecule has 0 bridgehead atoms. The molecule has 0 aromatic heterocycles. The van der Waals surface area contributed by atoms with E-state index < -0.39 is 0 Å². The number of piperidine rings is 1. The van der Waals surface area contributed by atoms with Crippen molar-refractivity contribution in [3.05, 3.63) is 11.1 Å². The molecule has 1 heterocycles. The largest absolute Gasteiger partial charge is 0.317 e. The third kappa shape index (κ3) is 3.62. The fourth-order valence-electron chi connectivity index (χ4n) is 2.50. The van der Waals surface area contributed by atoms with Gasteiger partial charge in [0.15, 0.2) is 0 Å². The summed E-state index contributed by atoms with van der Waals surface area (Å²) < 4.78 is 0. The van der Waals surface area contributed by atoms with E-state index in [2.05, 4.69) is 17.6 Å². The van der Waals surface area contributed by atoms with Crippen LogP contribution in [-0.2, 0) is 0 Å². The highest BCUT2D eigenvalue weighted by atomic mass is 15.0. The summed E-state index contributed by atoms with van der Waals surface area (Å²) in [5.41, 5.74) is 3.50. The van der Waals surface area contributed by atoms with E-state index in [4.69, 9.17) is 0 Å². The van der Waals surface area contributed by atoms with Crippen molar-refractivity contribution < 1.29 is 0 Å². The van der Waals surface area contributed by atoms with Gasteiger partial charge >= 0.3 is 0 Å². The number of hydrogen-bond acceptors (Lipinski definition) is 2. The Morgan fingerprint density at radius 3 is 2.67 bits per heavy atom. The summed E-state index contributed by atoms with van der Waals surface area (Å²) in [5.74, 6) is 0. The molecule has 2 aliphatic rings. The van der Waals surface area contributed by atoms with Gasteiger partial charge in [-0.2, -0.15) is 0 Å². The second kappa shape index (κ2) is 5.66. The van der Waals surface area contributed by atoms with Gasteiger partial charge in [-0.15, -0.1) is 0 Å². The van der Waals surface area contributed by atoms with E-state index in [0.717, 1.165) is 6.04 Å². The molecule has 1 fully saturated rings. The summed E-state index contributed by atoms with van der Waals surface area (Å²) in [4.78, 5) is 0. The molecule has 2 rings (SSSR count). The first-order chi connectivity index (χ1) is 7.40. The maximum absolute atomic E-state index is 3.68. The van der Waals surface area contributed by atoms with Crippen LogP contribution in [0.1, 0.15) is 45.4 Å². The molecule has 86 valence electrons. The maximum atomic E-state index is 3.68. The Morgan fingerprint density at radius 2 is 1.93 bits per heavy atom. The molecule has 2 N–H and O–H groups in total. The van der Waals surface area contributed by atoms with Crippen LogP contribution in [0, 0.1) is 0 Å². The third-order valence-corrected chi connectivity index (χ3v) is 3.55. The lowest BCUT2D eigenvalue weighted by atomic mass is 10.1. The Balaban J connectivity index is 1.55. The number of nitrogens with one attached hydrogen (secondary N) is 2. The van der Waals surface area contributed by atoms with Crippen molar-refractivity contribution in [2.24, 2.45) is 0 Å².